The molecule has 116 valence electrons. The summed E-state index contributed by atoms with van der Waals surface area (Å²) in [6, 6.07) is 7.66. The molecule has 1 fully saturated rings. The Bertz CT molecular complexity index is 447. The minimum atomic E-state index is 0.0995. The van der Waals surface area contributed by atoms with Crippen molar-refractivity contribution in [2.24, 2.45) is 11.7 Å². The number of hydrogen-bond donors (Lipinski definition) is 2. The number of hydrogen-bond acceptors (Lipinski definition) is 4. The van der Waals surface area contributed by atoms with Gasteiger partial charge in [0, 0.05) is 18.5 Å². The van der Waals surface area contributed by atoms with E-state index in [0.717, 1.165) is 37.2 Å². The number of amides is 1. The SMILES string of the molecule is COc1ccc(OCCCNC(=O)C2CCC(N)C2)cc1. The largest absolute Gasteiger partial charge is 0.497 e. The molecule has 0 aromatic heterocycles. The number of nitrogens with one attached hydrogen (secondary N) is 1. The highest BCUT2D eigenvalue weighted by atomic mass is 16.5. The van der Waals surface area contributed by atoms with E-state index in [2.05, 4.69) is 5.32 Å². The van der Waals surface area contributed by atoms with Crippen molar-refractivity contribution in [2.45, 2.75) is 31.7 Å². The van der Waals surface area contributed by atoms with Gasteiger partial charge in [-0.1, -0.05) is 0 Å². The minimum Gasteiger partial charge on any atom is -0.497 e. The topological polar surface area (TPSA) is 73.6 Å². The summed E-state index contributed by atoms with van der Waals surface area (Å²) in [4.78, 5) is 11.9. The quantitative estimate of drug-likeness (QED) is 0.750. The van der Waals surface area contributed by atoms with E-state index in [1.54, 1.807) is 7.11 Å². The molecule has 1 saturated carbocycles. The molecule has 0 radical (unpaired) electrons. The van der Waals surface area contributed by atoms with E-state index in [0.29, 0.717) is 13.2 Å². The Labute approximate surface area is 125 Å². The molecule has 1 aliphatic rings. The van der Waals surface area contributed by atoms with Crippen LogP contribution in [-0.2, 0) is 4.79 Å². The molecule has 5 heteroatoms. The zero-order valence-electron chi connectivity index (χ0n) is 12.5. The van der Waals surface area contributed by atoms with Gasteiger partial charge in [0.1, 0.15) is 11.5 Å². The van der Waals surface area contributed by atoms with Crippen molar-refractivity contribution in [1.82, 2.24) is 5.32 Å². The highest BCUT2D eigenvalue weighted by molar-refractivity contribution is 5.78. The normalized spacial score (nSPS) is 21.0. The maximum absolute atomic E-state index is 11.9. The van der Waals surface area contributed by atoms with Crippen molar-refractivity contribution in [3.63, 3.8) is 0 Å². The predicted octanol–water partition coefficient (Wildman–Crippen LogP) is 1.71. The van der Waals surface area contributed by atoms with Gasteiger partial charge >= 0.3 is 0 Å². The first-order chi connectivity index (χ1) is 10.2. The molecule has 1 amide bonds. The molecule has 0 saturated heterocycles. The van der Waals surface area contributed by atoms with E-state index in [4.69, 9.17) is 15.2 Å². The van der Waals surface area contributed by atoms with Crippen LogP contribution in [0.5, 0.6) is 11.5 Å². The summed E-state index contributed by atoms with van der Waals surface area (Å²) in [7, 11) is 1.63. The Kier molecular flexibility index (Phi) is 5.87. The molecule has 1 aromatic carbocycles. The van der Waals surface area contributed by atoms with Crippen molar-refractivity contribution in [1.29, 1.82) is 0 Å². The standard InChI is InChI=1S/C16H24N2O3/c1-20-14-5-7-15(8-6-14)21-10-2-9-18-16(19)12-3-4-13(17)11-12/h5-8,12-13H,2-4,9-11,17H2,1H3,(H,18,19). The van der Waals surface area contributed by atoms with Crippen LogP contribution in [0.2, 0.25) is 0 Å². The second kappa shape index (κ2) is 7.88. The van der Waals surface area contributed by atoms with E-state index in [9.17, 15) is 4.79 Å². The third-order valence-electron chi connectivity index (χ3n) is 3.79. The van der Waals surface area contributed by atoms with Gasteiger partial charge in [-0.05, 0) is 49.9 Å². The van der Waals surface area contributed by atoms with Gasteiger partial charge in [-0.25, -0.2) is 0 Å². The monoisotopic (exact) mass is 292 g/mol. The summed E-state index contributed by atoms with van der Waals surface area (Å²) in [6.07, 6.45) is 3.47. The number of rotatable bonds is 7. The van der Waals surface area contributed by atoms with Crippen LogP contribution in [0, 0.1) is 5.92 Å². The summed E-state index contributed by atoms with van der Waals surface area (Å²) >= 11 is 0. The highest BCUT2D eigenvalue weighted by Gasteiger charge is 2.27. The Morgan fingerprint density at radius 1 is 1.29 bits per heavy atom. The average molecular weight is 292 g/mol. The first-order valence-corrected chi connectivity index (χ1v) is 7.49. The lowest BCUT2D eigenvalue weighted by Crippen LogP contribution is -2.31. The van der Waals surface area contributed by atoms with Crippen LogP contribution >= 0.6 is 0 Å². The van der Waals surface area contributed by atoms with Gasteiger partial charge in [-0.2, -0.15) is 0 Å². The molecule has 2 rings (SSSR count). The summed E-state index contributed by atoms with van der Waals surface area (Å²) in [5, 5.41) is 2.96. The smallest absolute Gasteiger partial charge is 0.223 e. The summed E-state index contributed by atoms with van der Waals surface area (Å²) in [5.74, 6) is 1.85. The minimum absolute atomic E-state index is 0.0995. The summed E-state index contributed by atoms with van der Waals surface area (Å²) in [5.41, 5.74) is 5.82. The number of carbonyl (C=O) groups is 1. The number of methoxy groups -OCH3 is 1. The fraction of sp³-hybridized carbons (Fsp3) is 0.562. The van der Waals surface area contributed by atoms with Gasteiger partial charge in [0.05, 0.1) is 13.7 Å². The first-order valence-electron chi connectivity index (χ1n) is 7.49. The van der Waals surface area contributed by atoms with Crippen LogP contribution in [0.1, 0.15) is 25.7 Å². The molecule has 21 heavy (non-hydrogen) atoms. The summed E-state index contributed by atoms with van der Waals surface area (Å²) in [6.45, 7) is 1.22. The van der Waals surface area contributed by atoms with Crippen LogP contribution in [-0.4, -0.2) is 32.2 Å². The molecule has 0 heterocycles. The maximum atomic E-state index is 11.9. The Morgan fingerprint density at radius 2 is 2.00 bits per heavy atom. The number of nitrogens with two attached hydrogens (primary N) is 1. The van der Waals surface area contributed by atoms with Crippen LogP contribution in [0.3, 0.4) is 0 Å². The fourth-order valence-electron chi connectivity index (χ4n) is 2.54. The van der Waals surface area contributed by atoms with E-state index < -0.39 is 0 Å². The predicted molar refractivity (Wildman–Crippen MR) is 81.4 cm³/mol. The lowest BCUT2D eigenvalue weighted by atomic mass is 10.1. The molecule has 2 atom stereocenters. The molecule has 5 nitrogen and oxygen atoms in total. The van der Waals surface area contributed by atoms with Crippen molar-refractivity contribution >= 4 is 5.91 Å². The van der Waals surface area contributed by atoms with Crippen molar-refractivity contribution in [3.05, 3.63) is 24.3 Å². The molecule has 3 N–H and O–H groups in total. The zero-order valence-corrected chi connectivity index (χ0v) is 12.5. The van der Waals surface area contributed by atoms with Crippen LogP contribution < -0.4 is 20.5 Å². The van der Waals surface area contributed by atoms with E-state index in [1.807, 2.05) is 24.3 Å². The lowest BCUT2D eigenvalue weighted by Gasteiger charge is -2.11. The first kappa shape index (κ1) is 15.6. The van der Waals surface area contributed by atoms with Gasteiger partial charge in [-0.15, -0.1) is 0 Å². The van der Waals surface area contributed by atoms with Crippen LogP contribution in [0.15, 0.2) is 24.3 Å². The van der Waals surface area contributed by atoms with E-state index in [1.165, 1.54) is 0 Å². The van der Waals surface area contributed by atoms with E-state index >= 15 is 0 Å². The Balaban J connectivity index is 1.58. The number of benzene rings is 1. The third kappa shape index (κ3) is 4.93. The third-order valence-corrected chi connectivity index (χ3v) is 3.79. The molecule has 2 unspecified atom stereocenters. The number of ether oxygens (including phenoxy) is 2. The molecule has 1 aromatic rings. The van der Waals surface area contributed by atoms with E-state index in [-0.39, 0.29) is 17.9 Å². The maximum Gasteiger partial charge on any atom is 0.223 e. The highest BCUT2D eigenvalue weighted by Crippen LogP contribution is 2.24. The molecule has 0 aliphatic heterocycles. The van der Waals surface area contributed by atoms with Gasteiger partial charge in [0.15, 0.2) is 0 Å². The zero-order chi connectivity index (χ0) is 15.1. The van der Waals surface area contributed by atoms with Crippen molar-refractivity contribution in [3.8, 4) is 11.5 Å². The second-order valence-corrected chi connectivity index (χ2v) is 5.44. The molecular weight excluding hydrogens is 268 g/mol. The Morgan fingerprint density at radius 3 is 2.62 bits per heavy atom. The molecule has 0 spiro atoms. The molecule has 1 aliphatic carbocycles. The molecule has 0 bridgehead atoms. The second-order valence-electron chi connectivity index (χ2n) is 5.44. The lowest BCUT2D eigenvalue weighted by molar-refractivity contribution is -0.124. The van der Waals surface area contributed by atoms with Gasteiger partial charge in [0.2, 0.25) is 5.91 Å². The van der Waals surface area contributed by atoms with Crippen molar-refractivity contribution < 1.29 is 14.3 Å². The fourth-order valence-corrected chi connectivity index (χ4v) is 2.54. The number of carbonyl (C=O) groups excluding carboxylic acids is 1. The van der Waals surface area contributed by atoms with Crippen LogP contribution in [0.4, 0.5) is 0 Å². The van der Waals surface area contributed by atoms with Gasteiger partial charge in [0.25, 0.3) is 0 Å². The van der Waals surface area contributed by atoms with Gasteiger partial charge < -0.3 is 20.5 Å². The van der Waals surface area contributed by atoms with Crippen LogP contribution in [0.25, 0.3) is 0 Å². The van der Waals surface area contributed by atoms with Gasteiger partial charge in [-0.3, -0.25) is 4.79 Å². The average Bonchev–Trinajstić information content (AvgIpc) is 2.94. The summed E-state index contributed by atoms with van der Waals surface area (Å²) < 4.78 is 10.7. The van der Waals surface area contributed by atoms with Crippen molar-refractivity contribution in [2.75, 3.05) is 20.3 Å². The molecular formula is C16H24N2O3. The Hall–Kier alpha value is -1.75.